The number of aldehydes is 1. The van der Waals surface area contributed by atoms with Gasteiger partial charge in [-0.05, 0) is 78.5 Å². The van der Waals surface area contributed by atoms with E-state index in [0.29, 0.717) is 46.8 Å². The van der Waals surface area contributed by atoms with Crippen LogP contribution in [-0.4, -0.2) is 45.5 Å². The Morgan fingerprint density at radius 2 is 2.00 bits per heavy atom. The summed E-state index contributed by atoms with van der Waals surface area (Å²) in [6, 6.07) is 5.16. The number of Topliss-reactive ketones (excluding diaryl/α,β-unsaturated/α-hetero) is 1. The average Bonchev–Trinajstić information content (AvgIpc) is 3.51. The maximum atomic E-state index is 12.6. The quantitative estimate of drug-likeness (QED) is 0.102. The Morgan fingerprint density at radius 3 is 2.77 bits per heavy atom. The van der Waals surface area contributed by atoms with E-state index in [0.717, 1.165) is 23.6 Å². The molecule has 0 radical (unpaired) electrons. The van der Waals surface area contributed by atoms with E-state index in [1.54, 1.807) is 24.4 Å². The molecule has 2 heterocycles. The number of allylic oxidation sites excluding steroid dienone is 2. The molecule has 1 aliphatic heterocycles. The highest BCUT2D eigenvalue weighted by molar-refractivity contribution is 9.10. The molecule has 228 valence electrons. The highest BCUT2D eigenvalue weighted by atomic mass is 79.9. The van der Waals surface area contributed by atoms with Gasteiger partial charge in [0.2, 0.25) is 0 Å². The number of ketones is 1. The van der Waals surface area contributed by atoms with Gasteiger partial charge < -0.3 is 9.64 Å². The van der Waals surface area contributed by atoms with Gasteiger partial charge in [0.05, 0.1) is 30.4 Å². The number of benzene rings is 1. The molecule has 1 aromatic heterocycles. The zero-order valence-corrected chi connectivity index (χ0v) is 26.7. The highest BCUT2D eigenvalue weighted by Gasteiger charge is 2.52. The molecule has 2 aromatic rings. The van der Waals surface area contributed by atoms with E-state index in [9.17, 15) is 19.2 Å². The van der Waals surface area contributed by atoms with Crippen molar-refractivity contribution in [2.45, 2.75) is 78.9 Å². The molecule has 43 heavy (non-hydrogen) atoms. The number of amides is 1. The first-order valence-corrected chi connectivity index (χ1v) is 15.7. The highest BCUT2D eigenvalue weighted by Crippen LogP contribution is 2.61. The van der Waals surface area contributed by atoms with Crippen LogP contribution in [0.2, 0.25) is 0 Å². The minimum absolute atomic E-state index is 0.0861. The van der Waals surface area contributed by atoms with Crippen molar-refractivity contribution >= 4 is 45.6 Å². The van der Waals surface area contributed by atoms with Gasteiger partial charge in [-0.25, -0.2) is 0 Å². The summed E-state index contributed by atoms with van der Waals surface area (Å²) in [7, 11) is 0. The maximum absolute atomic E-state index is 12.6. The monoisotopic (exact) mass is 650 g/mol. The molecule has 0 bridgehead atoms. The van der Waals surface area contributed by atoms with Crippen LogP contribution < -0.4 is 4.90 Å². The summed E-state index contributed by atoms with van der Waals surface area (Å²) in [5, 5.41) is 8.10. The first kappa shape index (κ1) is 31.0. The number of hydrogen-bond acceptors (Lipinski definition) is 7. The molecule has 0 spiro atoms. The van der Waals surface area contributed by atoms with E-state index in [1.165, 1.54) is 34.4 Å². The largest absolute Gasteiger partial charge is 0.459 e. The molecule has 3 atom stereocenters. The van der Waals surface area contributed by atoms with Crippen LogP contribution in [0.3, 0.4) is 0 Å². The molecular formula is C33H39BrN4O5. The predicted octanol–water partition coefficient (Wildman–Crippen LogP) is 6.02. The molecule has 5 rings (SSSR count). The number of hydrogen-bond donors (Lipinski definition) is 0. The van der Waals surface area contributed by atoms with Gasteiger partial charge in [0, 0.05) is 11.0 Å². The number of fused-ring (bicyclic) bond motifs is 2. The first-order valence-electron chi connectivity index (χ1n) is 14.9. The van der Waals surface area contributed by atoms with E-state index in [1.807, 2.05) is 6.08 Å². The third-order valence-corrected chi connectivity index (χ3v) is 10.4. The number of esters is 1. The Hall–Kier alpha value is -3.40. The zero-order valence-electron chi connectivity index (χ0n) is 25.1. The summed E-state index contributed by atoms with van der Waals surface area (Å²) in [6.45, 7) is 12.0. The lowest BCUT2D eigenvalue weighted by atomic mass is 9.47. The topological polar surface area (TPSA) is 111 Å². The minimum Gasteiger partial charge on any atom is -0.459 e. The average molecular weight is 652 g/mol. The standard InChI is InChI=1S/C33H39BrN4O5/c1-21-6-11-28-32(2,3)12-5-13-33(28,4)26(21)9-7-22(19-39)16-29(40)43-20-24-18-37(36-35-24)14-15-38-27-10-8-23(34)17-25(27)30(41)31(38)42/h7-8,10,17-19,26,28H,1,5-6,9,11-16,20H2,2-4H3/b22-7+/t26-,28-,33+/m0/s1. The minimum atomic E-state index is -0.578. The number of carbonyl (C=O) groups excluding carboxylic acids is 4. The fraction of sp³-hybridized carbons (Fsp3) is 0.515. The summed E-state index contributed by atoms with van der Waals surface area (Å²) >= 11 is 3.33. The lowest BCUT2D eigenvalue weighted by Crippen LogP contribution is -2.49. The van der Waals surface area contributed by atoms with Gasteiger partial charge in [0.15, 0.2) is 0 Å². The van der Waals surface area contributed by atoms with Crippen molar-refractivity contribution < 1.29 is 23.9 Å². The van der Waals surface area contributed by atoms with E-state index >= 15 is 0 Å². The van der Waals surface area contributed by atoms with Gasteiger partial charge in [0.25, 0.3) is 11.7 Å². The van der Waals surface area contributed by atoms with Crippen LogP contribution in [0.4, 0.5) is 5.69 Å². The third kappa shape index (κ3) is 6.30. The van der Waals surface area contributed by atoms with Gasteiger partial charge in [-0.3, -0.25) is 23.9 Å². The van der Waals surface area contributed by atoms with Crippen LogP contribution in [0.15, 0.2) is 52.7 Å². The maximum Gasteiger partial charge on any atom is 0.310 e. The van der Waals surface area contributed by atoms with Gasteiger partial charge >= 0.3 is 5.97 Å². The van der Waals surface area contributed by atoms with Crippen molar-refractivity contribution in [3.8, 4) is 0 Å². The van der Waals surface area contributed by atoms with E-state index in [2.05, 4.69) is 53.6 Å². The fourth-order valence-corrected chi connectivity index (χ4v) is 8.09. The number of aromatic nitrogens is 3. The van der Waals surface area contributed by atoms with Crippen molar-refractivity contribution in [2.24, 2.45) is 22.7 Å². The fourth-order valence-electron chi connectivity index (χ4n) is 7.72. The summed E-state index contributed by atoms with van der Waals surface area (Å²) in [5.74, 6) is -0.720. The van der Waals surface area contributed by atoms with Crippen LogP contribution in [0, 0.1) is 22.7 Å². The lowest BCUT2D eigenvalue weighted by molar-refractivity contribution is -0.144. The number of halogens is 1. The number of carbonyl (C=O) groups is 4. The van der Waals surface area contributed by atoms with Crippen molar-refractivity contribution in [1.82, 2.24) is 15.0 Å². The van der Waals surface area contributed by atoms with Gasteiger partial charge in [-0.15, -0.1) is 5.10 Å². The smallest absolute Gasteiger partial charge is 0.310 e. The van der Waals surface area contributed by atoms with Crippen LogP contribution in [-0.2, 0) is 32.3 Å². The summed E-state index contributed by atoms with van der Waals surface area (Å²) in [5.41, 5.74) is 3.48. The normalized spacial score (nSPS) is 25.0. The molecule has 1 amide bonds. The number of anilines is 1. The molecule has 0 unspecified atom stereocenters. The molecular weight excluding hydrogens is 612 g/mol. The Morgan fingerprint density at radius 1 is 1.21 bits per heavy atom. The van der Waals surface area contributed by atoms with E-state index in [-0.39, 0.29) is 30.9 Å². The molecule has 1 aromatic carbocycles. The molecule has 0 saturated heterocycles. The lowest BCUT2D eigenvalue weighted by Gasteiger charge is -2.58. The second kappa shape index (κ2) is 12.3. The SMILES string of the molecule is C=C1CC[C@H]2C(C)(C)CCC[C@]2(C)[C@H]1C/C=C(/C=O)CC(=O)OCc1cn(CCN2C(=O)C(=O)c3cc(Br)ccc32)nn1. The Labute approximate surface area is 260 Å². The van der Waals surface area contributed by atoms with Crippen molar-refractivity contribution in [1.29, 1.82) is 0 Å². The predicted molar refractivity (Wildman–Crippen MR) is 165 cm³/mol. The van der Waals surface area contributed by atoms with Crippen LogP contribution >= 0.6 is 15.9 Å². The molecule has 9 nitrogen and oxygen atoms in total. The van der Waals surface area contributed by atoms with Gasteiger partial charge in [-0.2, -0.15) is 0 Å². The van der Waals surface area contributed by atoms with Crippen LogP contribution in [0.25, 0.3) is 0 Å². The van der Waals surface area contributed by atoms with Crippen LogP contribution in [0.1, 0.15) is 81.8 Å². The Balaban J connectivity index is 1.13. The molecule has 10 heteroatoms. The van der Waals surface area contributed by atoms with Gasteiger partial charge in [-0.1, -0.05) is 66.6 Å². The number of ether oxygens (including phenoxy) is 1. The zero-order chi connectivity index (χ0) is 30.9. The molecule has 2 aliphatic carbocycles. The first-order chi connectivity index (χ1) is 20.4. The van der Waals surface area contributed by atoms with E-state index < -0.39 is 17.7 Å². The van der Waals surface area contributed by atoms with Crippen molar-refractivity contribution in [2.75, 3.05) is 11.4 Å². The second-order valence-electron chi connectivity index (χ2n) is 13.0. The number of nitrogens with zero attached hydrogens (tertiary/aromatic N) is 4. The summed E-state index contributed by atoms with van der Waals surface area (Å²) in [6.07, 6.45) is 10.7. The molecule has 3 aliphatic rings. The van der Waals surface area contributed by atoms with Crippen molar-refractivity contribution in [3.63, 3.8) is 0 Å². The van der Waals surface area contributed by atoms with E-state index in [4.69, 9.17) is 4.74 Å². The Bertz CT molecular complexity index is 1490. The summed E-state index contributed by atoms with van der Waals surface area (Å²) < 4.78 is 7.66. The molecule has 0 N–H and O–H groups in total. The second-order valence-corrected chi connectivity index (χ2v) is 14.0. The van der Waals surface area contributed by atoms with Crippen LogP contribution in [0.5, 0.6) is 0 Å². The molecule has 2 saturated carbocycles. The Kier molecular flexibility index (Phi) is 8.88. The van der Waals surface area contributed by atoms with Gasteiger partial charge in [0.1, 0.15) is 18.6 Å². The summed E-state index contributed by atoms with van der Waals surface area (Å²) in [4.78, 5) is 50.7. The third-order valence-electron chi connectivity index (χ3n) is 9.89. The van der Waals surface area contributed by atoms with Crippen molar-refractivity contribution in [3.05, 3.63) is 63.9 Å². The number of rotatable bonds is 10. The molecule has 2 fully saturated rings.